The molecule has 1 saturated heterocycles. The van der Waals surface area contributed by atoms with E-state index in [2.05, 4.69) is 19.2 Å². The van der Waals surface area contributed by atoms with Crippen molar-refractivity contribution in [1.82, 2.24) is 0 Å². The van der Waals surface area contributed by atoms with Crippen LogP contribution in [0, 0.1) is 0 Å². The van der Waals surface area contributed by atoms with Crippen molar-refractivity contribution in [2.45, 2.75) is 31.9 Å². The van der Waals surface area contributed by atoms with E-state index in [-0.39, 0.29) is 11.6 Å². The molecule has 1 aliphatic heterocycles. The van der Waals surface area contributed by atoms with E-state index in [1.165, 1.54) is 0 Å². The Morgan fingerprint density at radius 1 is 1.47 bits per heavy atom. The molecule has 3 nitrogen and oxygen atoms in total. The van der Waals surface area contributed by atoms with Crippen LogP contribution in [0.15, 0.2) is 24.3 Å². The maximum absolute atomic E-state index is 5.90. The fourth-order valence-corrected chi connectivity index (χ4v) is 1.92. The number of nitrogen functional groups attached to an aromatic ring is 1. The second-order valence-electron chi connectivity index (χ2n) is 4.39. The van der Waals surface area contributed by atoms with Crippen LogP contribution in [0.2, 0.25) is 0 Å². The van der Waals surface area contributed by atoms with Gasteiger partial charge in [-0.1, -0.05) is 12.1 Å². The first-order valence-electron chi connectivity index (χ1n) is 5.36. The highest BCUT2D eigenvalue weighted by molar-refractivity contribution is 5.66. The van der Waals surface area contributed by atoms with Crippen LogP contribution < -0.4 is 11.1 Å². The molecule has 1 heterocycles. The number of hydrogen-bond acceptors (Lipinski definition) is 3. The van der Waals surface area contributed by atoms with Gasteiger partial charge in [-0.15, -0.1) is 0 Å². The summed E-state index contributed by atoms with van der Waals surface area (Å²) < 4.78 is 5.58. The lowest BCUT2D eigenvalue weighted by Crippen LogP contribution is -2.41. The van der Waals surface area contributed by atoms with Gasteiger partial charge in [0.05, 0.1) is 23.0 Å². The Hall–Kier alpha value is -1.22. The standard InChI is InChI=1S/C12H18N2O/c1-9-12(2,7-8-15-9)14-11-6-4-3-5-10(11)13/h3-6,9,14H,7-8,13H2,1-2H3. The molecule has 3 heteroatoms. The molecule has 15 heavy (non-hydrogen) atoms. The van der Waals surface area contributed by atoms with E-state index < -0.39 is 0 Å². The van der Waals surface area contributed by atoms with Gasteiger partial charge < -0.3 is 15.8 Å². The first-order valence-corrected chi connectivity index (χ1v) is 5.36. The quantitative estimate of drug-likeness (QED) is 0.730. The second kappa shape index (κ2) is 3.74. The molecule has 1 fully saturated rings. The number of para-hydroxylation sites is 2. The summed E-state index contributed by atoms with van der Waals surface area (Å²) in [5.41, 5.74) is 7.68. The molecule has 1 aromatic rings. The summed E-state index contributed by atoms with van der Waals surface area (Å²) in [7, 11) is 0. The fraction of sp³-hybridized carbons (Fsp3) is 0.500. The van der Waals surface area contributed by atoms with E-state index >= 15 is 0 Å². The summed E-state index contributed by atoms with van der Waals surface area (Å²) in [5.74, 6) is 0. The van der Waals surface area contributed by atoms with Gasteiger partial charge in [0, 0.05) is 6.61 Å². The number of hydrogen-bond donors (Lipinski definition) is 2. The highest BCUT2D eigenvalue weighted by atomic mass is 16.5. The van der Waals surface area contributed by atoms with Gasteiger partial charge in [0.2, 0.25) is 0 Å². The zero-order valence-corrected chi connectivity index (χ0v) is 9.29. The van der Waals surface area contributed by atoms with Crippen molar-refractivity contribution in [3.63, 3.8) is 0 Å². The minimum atomic E-state index is -0.00449. The average molecular weight is 206 g/mol. The number of anilines is 2. The highest BCUT2D eigenvalue weighted by Gasteiger charge is 2.37. The minimum absolute atomic E-state index is 0.00449. The molecule has 1 aliphatic rings. The molecule has 2 rings (SSSR count). The minimum Gasteiger partial charge on any atom is -0.397 e. The third-order valence-electron chi connectivity index (χ3n) is 3.27. The molecule has 2 atom stereocenters. The van der Waals surface area contributed by atoms with Crippen molar-refractivity contribution in [1.29, 1.82) is 0 Å². The van der Waals surface area contributed by atoms with Gasteiger partial charge in [-0.05, 0) is 32.4 Å². The maximum Gasteiger partial charge on any atom is 0.0774 e. The smallest absolute Gasteiger partial charge is 0.0774 e. The van der Waals surface area contributed by atoms with Crippen LogP contribution in [0.3, 0.4) is 0 Å². The van der Waals surface area contributed by atoms with Crippen molar-refractivity contribution < 1.29 is 4.74 Å². The Morgan fingerprint density at radius 2 is 2.20 bits per heavy atom. The topological polar surface area (TPSA) is 47.3 Å². The molecule has 1 aromatic carbocycles. The van der Waals surface area contributed by atoms with E-state index in [4.69, 9.17) is 10.5 Å². The number of rotatable bonds is 2. The third kappa shape index (κ3) is 1.92. The average Bonchev–Trinajstić information content (AvgIpc) is 2.51. The van der Waals surface area contributed by atoms with Crippen LogP contribution in [-0.2, 0) is 4.74 Å². The molecule has 0 aliphatic carbocycles. The molecule has 0 radical (unpaired) electrons. The highest BCUT2D eigenvalue weighted by Crippen LogP contribution is 2.31. The molecular weight excluding hydrogens is 188 g/mol. The van der Waals surface area contributed by atoms with Crippen molar-refractivity contribution in [2.24, 2.45) is 0 Å². The SMILES string of the molecule is CC1OCCC1(C)Nc1ccccc1N. The van der Waals surface area contributed by atoms with Crippen LogP contribution in [-0.4, -0.2) is 18.2 Å². The number of benzene rings is 1. The Morgan fingerprint density at radius 3 is 2.80 bits per heavy atom. The first kappa shape index (κ1) is 10.3. The van der Waals surface area contributed by atoms with Gasteiger partial charge in [-0.3, -0.25) is 0 Å². The van der Waals surface area contributed by atoms with E-state index in [1.807, 2.05) is 24.3 Å². The van der Waals surface area contributed by atoms with Gasteiger partial charge >= 0.3 is 0 Å². The van der Waals surface area contributed by atoms with Crippen LogP contribution in [0.4, 0.5) is 11.4 Å². The zero-order chi connectivity index (χ0) is 10.9. The van der Waals surface area contributed by atoms with Crippen LogP contribution in [0.5, 0.6) is 0 Å². The Bertz CT molecular complexity index is 353. The Labute approximate surface area is 90.6 Å². The second-order valence-corrected chi connectivity index (χ2v) is 4.39. The monoisotopic (exact) mass is 206 g/mol. The van der Waals surface area contributed by atoms with Crippen molar-refractivity contribution >= 4 is 11.4 Å². The first-order chi connectivity index (χ1) is 7.12. The molecule has 0 spiro atoms. The summed E-state index contributed by atoms with van der Waals surface area (Å²) >= 11 is 0. The molecule has 3 N–H and O–H groups in total. The predicted molar refractivity (Wildman–Crippen MR) is 62.9 cm³/mol. The number of ether oxygens (including phenoxy) is 1. The van der Waals surface area contributed by atoms with Gasteiger partial charge in [-0.25, -0.2) is 0 Å². The number of nitrogens with one attached hydrogen (secondary N) is 1. The molecule has 0 aromatic heterocycles. The van der Waals surface area contributed by atoms with Crippen molar-refractivity contribution in [2.75, 3.05) is 17.7 Å². The van der Waals surface area contributed by atoms with E-state index in [0.29, 0.717) is 0 Å². The lowest BCUT2D eigenvalue weighted by atomic mass is 9.94. The summed E-state index contributed by atoms with van der Waals surface area (Å²) in [6.07, 6.45) is 1.24. The lowest BCUT2D eigenvalue weighted by Gasteiger charge is -2.30. The molecule has 0 bridgehead atoms. The van der Waals surface area contributed by atoms with Gasteiger partial charge in [0.25, 0.3) is 0 Å². The van der Waals surface area contributed by atoms with Crippen molar-refractivity contribution in [3.05, 3.63) is 24.3 Å². The van der Waals surface area contributed by atoms with Crippen LogP contribution in [0.1, 0.15) is 20.3 Å². The molecule has 82 valence electrons. The maximum atomic E-state index is 5.90. The summed E-state index contributed by atoms with van der Waals surface area (Å²) in [4.78, 5) is 0. The van der Waals surface area contributed by atoms with Gasteiger partial charge in [0.1, 0.15) is 0 Å². The lowest BCUT2D eigenvalue weighted by molar-refractivity contribution is 0.105. The summed E-state index contributed by atoms with van der Waals surface area (Å²) in [5, 5.41) is 3.49. The number of nitrogens with two attached hydrogens (primary N) is 1. The molecule has 2 unspecified atom stereocenters. The summed E-state index contributed by atoms with van der Waals surface area (Å²) in [6.45, 7) is 5.09. The molecule has 0 saturated carbocycles. The summed E-state index contributed by atoms with van der Waals surface area (Å²) in [6, 6.07) is 7.84. The van der Waals surface area contributed by atoms with Gasteiger partial charge in [-0.2, -0.15) is 0 Å². The Kier molecular flexibility index (Phi) is 2.57. The molecular formula is C12H18N2O. The van der Waals surface area contributed by atoms with E-state index in [1.54, 1.807) is 0 Å². The van der Waals surface area contributed by atoms with Crippen molar-refractivity contribution in [3.8, 4) is 0 Å². The van der Waals surface area contributed by atoms with Crippen LogP contribution in [0.25, 0.3) is 0 Å². The normalized spacial score (nSPS) is 30.4. The van der Waals surface area contributed by atoms with Crippen LogP contribution >= 0.6 is 0 Å². The van der Waals surface area contributed by atoms with E-state index in [9.17, 15) is 0 Å². The predicted octanol–water partition coefficient (Wildman–Crippen LogP) is 2.25. The fourth-order valence-electron chi connectivity index (χ4n) is 1.92. The van der Waals surface area contributed by atoms with E-state index in [0.717, 1.165) is 24.4 Å². The third-order valence-corrected chi connectivity index (χ3v) is 3.27. The largest absolute Gasteiger partial charge is 0.397 e. The van der Waals surface area contributed by atoms with Gasteiger partial charge in [0.15, 0.2) is 0 Å². The molecule has 0 amide bonds. The Balaban J connectivity index is 2.18. The zero-order valence-electron chi connectivity index (χ0n) is 9.29.